The number of allylic oxidation sites excluding steroid dienone is 1. The van der Waals surface area contributed by atoms with E-state index >= 15 is 0 Å². The van der Waals surface area contributed by atoms with Gasteiger partial charge in [-0.3, -0.25) is 0 Å². The molecule has 0 aliphatic heterocycles. The molecule has 0 bridgehead atoms. The Balaban J connectivity index is 2.03. The lowest BCUT2D eigenvalue weighted by atomic mass is 10.1. The Morgan fingerprint density at radius 2 is 2.00 bits per heavy atom. The lowest BCUT2D eigenvalue weighted by molar-refractivity contribution is -0.137. The fraction of sp³-hybridized carbons (Fsp3) is 0.158. The Morgan fingerprint density at radius 1 is 1.23 bits per heavy atom. The smallest absolute Gasteiger partial charge is 0.416 e. The minimum absolute atomic E-state index is 0.229. The topological polar surface area (TPSA) is 45.9 Å². The first-order chi connectivity index (χ1) is 12.3. The Kier molecular flexibility index (Phi) is 4.70. The van der Waals surface area contributed by atoms with E-state index < -0.39 is 11.7 Å². The molecule has 26 heavy (non-hydrogen) atoms. The van der Waals surface area contributed by atoms with Crippen LogP contribution in [0.15, 0.2) is 36.4 Å². The number of ether oxygens (including phenoxy) is 1. The maximum absolute atomic E-state index is 12.8. The zero-order chi connectivity index (χ0) is 18.9. The molecule has 1 heterocycles. The predicted octanol–water partition coefficient (Wildman–Crippen LogP) is 5.70. The monoisotopic (exact) mass is 374 g/mol. The van der Waals surface area contributed by atoms with Crippen LogP contribution in [0.4, 0.5) is 13.2 Å². The molecule has 0 saturated heterocycles. The number of alkyl halides is 3. The maximum atomic E-state index is 12.8. The summed E-state index contributed by atoms with van der Waals surface area (Å²) in [6.07, 6.45) is -2.76. The van der Waals surface area contributed by atoms with E-state index in [0.29, 0.717) is 15.3 Å². The van der Waals surface area contributed by atoms with Crippen LogP contribution in [0.5, 0.6) is 5.75 Å². The fourth-order valence-electron chi connectivity index (χ4n) is 2.52. The molecule has 3 rings (SSSR count). The molecule has 7 heteroatoms. The van der Waals surface area contributed by atoms with Gasteiger partial charge in [-0.15, -0.1) is 11.3 Å². The molecule has 3 aromatic rings. The number of thiazole rings is 1. The van der Waals surface area contributed by atoms with Crippen molar-refractivity contribution in [2.75, 3.05) is 7.11 Å². The van der Waals surface area contributed by atoms with Crippen molar-refractivity contribution in [3.8, 4) is 11.8 Å². The van der Waals surface area contributed by atoms with Gasteiger partial charge in [-0.1, -0.05) is 6.07 Å². The molecule has 0 spiro atoms. The van der Waals surface area contributed by atoms with Crippen LogP contribution < -0.4 is 4.74 Å². The number of methoxy groups -OCH3 is 1. The molecule has 0 N–H and O–H groups in total. The van der Waals surface area contributed by atoms with Gasteiger partial charge in [0, 0.05) is 0 Å². The number of nitriles is 1. The number of aryl methyl sites for hydroxylation is 1. The second-order valence-corrected chi connectivity index (χ2v) is 6.63. The first kappa shape index (κ1) is 18.0. The Morgan fingerprint density at radius 3 is 2.62 bits per heavy atom. The van der Waals surface area contributed by atoms with E-state index in [1.54, 1.807) is 25.3 Å². The second kappa shape index (κ2) is 6.81. The van der Waals surface area contributed by atoms with E-state index in [9.17, 15) is 18.4 Å². The third kappa shape index (κ3) is 3.55. The highest BCUT2D eigenvalue weighted by atomic mass is 32.1. The third-order valence-electron chi connectivity index (χ3n) is 3.80. The van der Waals surface area contributed by atoms with Gasteiger partial charge in [0.15, 0.2) is 0 Å². The highest BCUT2D eigenvalue weighted by Gasteiger charge is 2.30. The highest BCUT2D eigenvalue weighted by molar-refractivity contribution is 7.19. The Labute approximate surface area is 152 Å². The van der Waals surface area contributed by atoms with Gasteiger partial charge >= 0.3 is 6.18 Å². The van der Waals surface area contributed by atoms with Crippen molar-refractivity contribution in [1.29, 1.82) is 5.26 Å². The van der Waals surface area contributed by atoms with Gasteiger partial charge in [-0.05, 0) is 54.5 Å². The molecule has 1 aromatic heterocycles. The van der Waals surface area contributed by atoms with Gasteiger partial charge in [0.25, 0.3) is 0 Å². The number of nitrogens with zero attached hydrogens (tertiary/aromatic N) is 2. The van der Waals surface area contributed by atoms with Gasteiger partial charge in [-0.2, -0.15) is 18.4 Å². The molecule has 2 aromatic carbocycles. The molecule has 0 aliphatic rings. The zero-order valence-electron chi connectivity index (χ0n) is 13.9. The number of hydrogen-bond donors (Lipinski definition) is 0. The van der Waals surface area contributed by atoms with Gasteiger partial charge < -0.3 is 4.74 Å². The van der Waals surface area contributed by atoms with Crippen LogP contribution >= 0.6 is 11.3 Å². The summed E-state index contributed by atoms with van der Waals surface area (Å²) in [5.41, 5.74) is 1.47. The third-order valence-corrected chi connectivity index (χ3v) is 4.87. The van der Waals surface area contributed by atoms with Gasteiger partial charge in [-0.25, -0.2) is 4.98 Å². The van der Waals surface area contributed by atoms with Crippen molar-refractivity contribution in [2.45, 2.75) is 13.1 Å². The van der Waals surface area contributed by atoms with E-state index in [1.165, 1.54) is 17.4 Å². The van der Waals surface area contributed by atoms with Crippen LogP contribution in [0.3, 0.4) is 0 Å². The molecule has 132 valence electrons. The predicted molar refractivity (Wildman–Crippen MR) is 95.8 cm³/mol. The molecule has 0 atom stereocenters. The van der Waals surface area contributed by atoms with Crippen molar-refractivity contribution in [1.82, 2.24) is 4.98 Å². The van der Waals surface area contributed by atoms with E-state index in [2.05, 4.69) is 11.1 Å². The van der Waals surface area contributed by atoms with E-state index in [4.69, 9.17) is 4.74 Å². The zero-order valence-corrected chi connectivity index (χ0v) is 14.7. The summed E-state index contributed by atoms with van der Waals surface area (Å²) in [7, 11) is 1.58. The Bertz CT molecular complexity index is 1050. The number of halogens is 3. The Hall–Kier alpha value is -2.85. The van der Waals surface area contributed by atoms with Crippen molar-refractivity contribution in [3.63, 3.8) is 0 Å². The molecule has 0 radical (unpaired) electrons. The van der Waals surface area contributed by atoms with Crippen LogP contribution in [0.1, 0.15) is 21.7 Å². The molecule has 0 fully saturated rings. The number of rotatable bonds is 3. The largest absolute Gasteiger partial charge is 0.496 e. The van der Waals surface area contributed by atoms with Crippen molar-refractivity contribution >= 4 is 33.2 Å². The quantitative estimate of drug-likeness (QED) is 0.553. The summed E-state index contributed by atoms with van der Waals surface area (Å²) >= 11 is 1.19. The van der Waals surface area contributed by atoms with Gasteiger partial charge in [0.2, 0.25) is 0 Å². The van der Waals surface area contributed by atoms with Crippen LogP contribution in [-0.4, -0.2) is 12.1 Å². The lowest BCUT2D eigenvalue weighted by Gasteiger charge is -2.05. The highest BCUT2D eigenvalue weighted by Crippen LogP contribution is 2.34. The second-order valence-electron chi connectivity index (χ2n) is 5.60. The van der Waals surface area contributed by atoms with E-state index in [-0.39, 0.29) is 5.52 Å². The minimum Gasteiger partial charge on any atom is -0.496 e. The molecule has 0 amide bonds. The molecule has 3 nitrogen and oxygen atoms in total. The number of benzene rings is 2. The standard InChI is InChI=1S/C19H13F3N2OS/c1-11-7-12(3-5-16(11)25-2)8-13(10-23)18-24-15-9-14(19(20,21)22)4-6-17(15)26-18/h3-9H,1-2H3/b13-8+. The summed E-state index contributed by atoms with van der Waals surface area (Å²) < 4.78 is 44.3. The summed E-state index contributed by atoms with van der Waals surface area (Å²) in [5.74, 6) is 0.736. The van der Waals surface area contributed by atoms with Crippen LogP contribution in [0.2, 0.25) is 0 Å². The summed E-state index contributed by atoms with van der Waals surface area (Å²) in [6, 6.07) is 10.9. The fourth-order valence-corrected chi connectivity index (χ4v) is 3.43. The van der Waals surface area contributed by atoms with E-state index in [1.807, 2.05) is 13.0 Å². The minimum atomic E-state index is -4.42. The number of hydrogen-bond acceptors (Lipinski definition) is 4. The number of aromatic nitrogens is 1. The van der Waals surface area contributed by atoms with Crippen LogP contribution in [0, 0.1) is 18.3 Å². The van der Waals surface area contributed by atoms with Gasteiger partial charge in [0.1, 0.15) is 16.8 Å². The molecule has 0 unspecified atom stereocenters. The summed E-state index contributed by atoms with van der Waals surface area (Å²) in [4.78, 5) is 4.21. The summed E-state index contributed by atoms with van der Waals surface area (Å²) in [5, 5.41) is 9.85. The molecule has 0 saturated carbocycles. The maximum Gasteiger partial charge on any atom is 0.416 e. The van der Waals surface area contributed by atoms with Crippen molar-refractivity contribution < 1.29 is 17.9 Å². The number of fused-ring (bicyclic) bond motifs is 1. The first-order valence-electron chi connectivity index (χ1n) is 7.56. The molecular formula is C19H13F3N2OS. The van der Waals surface area contributed by atoms with Gasteiger partial charge in [0.05, 0.1) is 28.5 Å². The van der Waals surface area contributed by atoms with Crippen molar-refractivity contribution in [2.24, 2.45) is 0 Å². The summed E-state index contributed by atoms with van der Waals surface area (Å²) in [6.45, 7) is 1.89. The normalized spacial score (nSPS) is 12.2. The van der Waals surface area contributed by atoms with Crippen LogP contribution in [0.25, 0.3) is 21.9 Å². The van der Waals surface area contributed by atoms with Crippen LogP contribution in [-0.2, 0) is 6.18 Å². The SMILES string of the molecule is COc1ccc(/C=C(\C#N)c2nc3cc(C(F)(F)F)ccc3s2)cc1C. The molecular weight excluding hydrogens is 361 g/mol. The lowest BCUT2D eigenvalue weighted by Crippen LogP contribution is -2.03. The first-order valence-corrected chi connectivity index (χ1v) is 8.38. The van der Waals surface area contributed by atoms with Crippen molar-refractivity contribution in [3.05, 3.63) is 58.1 Å². The average Bonchev–Trinajstić information content (AvgIpc) is 3.02. The van der Waals surface area contributed by atoms with E-state index in [0.717, 1.165) is 29.0 Å². The average molecular weight is 374 g/mol. The molecule has 0 aliphatic carbocycles.